The molecule has 0 bridgehead atoms. The SMILES string of the molecule is COC1(C)CC(O[C@H]2[C@H](C)[C@@H](OC3OC(C)CC(N(C)C)C3O)[C@](C)(O)C[C@@H](C)C(=O)[C@H](C)[C@@H](O)[C@@H](C)[C@@H](CC3=CCCC3)OC(=O)[C@@H]2C)OC(C)C1O. The van der Waals surface area contributed by atoms with Crippen LogP contribution in [0.4, 0.5) is 0 Å². The van der Waals surface area contributed by atoms with Gasteiger partial charge in [-0.15, -0.1) is 0 Å². The number of Topliss-reactive ketones (excluding diaryl/α,β-unsaturated/α-hetero) is 1. The van der Waals surface area contributed by atoms with E-state index in [1.165, 1.54) is 7.11 Å². The van der Waals surface area contributed by atoms with Crippen molar-refractivity contribution in [2.45, 2.75) is 186 Å². The Morgan fingerprint density at radius 2 is 1.57 bits per heavy atom. The summed E-state index contributed by atoms with van der Waals surface area (Å²) in [5, 5.41) is 46.6. The standard InChI is InChI=1S/C41H71NO12/c1-21-19-40(8,48)37(54-39-34(45)29(42(10)11)17-22(2)50-39)25(5)35(53-31-20-41(9,49-12)36(46)27(7)51-31)26(6)38(47)52-30(18-28-15-13-14-16-28)23(3)33(44)24(4)32(21)43/h15,21-27,29-31,33-37,39,44-46,48H,13-14,16-20H2,1-12H3/t21-,22?,23+,24+,25+,26-,27?,29?,30-,31?,33+,34?,35+,36?,37-,39?,40-,41?/m1/s1. The molecule has 13 heteroatoms. The molecule has 4 rings (SSSR count). The monoisotopic (exact) mass is 769 g/mol. The van der Waals surface area contributed by atoms with Gasteiger partial charge in [0.25, 0.3) is 0 Å². The van der Waals surface area contributed by atoms with E-state index in [2.05, 4.69) is 6.08 Å². The molecule has 0 aromatic rings. The summed E-state index contributed by atoms with van der Waals surface area (Å²) in [5.41, 5.74) is -1.60. The van der Waals surface area contributed by atoms with E-state index in [0.717, 1.165) is 24.8 Å². The number of hydrogen-bond acceptors (Lipinski definition) is 13. The normalized spacial score (nSPS) is 47.6. The molecule has 54 heavy (non-hydrogen) atoms. The fourth-order valence-corrected chi connectivity index (χ4v) is 9.31. The van der Waals surface area contributed by atoms with Crippen molar-refractivity contribution in [1.82, 2.24) is 4.90 Å². The number of methoxy groups -OCH3 is 1. The van der Waals surface area contributed by atoms with Crippen LogP contribution in [-0.4, -0.2) is 137 Å². The summed E-state index contributed by atoms with van der Waals surface area (Å²) in [6, 6.07) is -0.300. The summed E-state index contributed by atoms with van der Waals surface area (Å²) < 4.78 is 37.9. The molecule has 0 aromatic carbocycles. The first-order chi connectivity index (χ1) is 25.1. The number of carbonyl (C=O) groups excluding carboxylic acids is 2. The molecular weight excluding hydrogens is 698 g/mol. The molecule has 18 atom stereocenters. The average molecular weight is 770 g/mol. The highest BCUT2D eigenvalue weighted by atomic mass is 16.7. The molecule has 3 aliphatic heterocycles. The molecule has 0 radical (unpaired) electrons. The molecule has 3 saturated heterocycles. The molecule has 0 amide bonds. The molecule has 4 N–H and O–H groups in total. The molecule has 8 unspecified atom stereocenters. The first-order valence-corrected chi connectivity index (χ1v) is 20.1. The van der Waals surface area contributed by atoms with Gasteiger partial charge < -0.3 is 53.7 Å². The maximum Gasteiger partial charge on any atom is 0.311 e. The number of cyclic esters (lactones) is 1. The predicted molar refractivity (Wildman–Crippen MR) is 201 cm³/mol. The third kappa shape index (κ3) is 10.1. The number of allylic oxidation sites excluding steroid dienone is 1. The maximum absolute atomic E-state index is 14.4. The van der Waals surface area contributed by atoms with Gasteiger partial charge in [-0.2, -0.15) is 0 Å². The average Bonchev–Trinajstić information content (AvgIpc) is 3.63. The number of hydrogen-bond donors (Lipinski definition) is 4. The number of esters is 1. The van der Waals surface area contributed by atoms with Crippen LogP contribution in [0.5, 0.6) is 0 Å². The fourth-order valence-electron chi connectivity index (χ4n) is 9.31. The Morgan fingerprint density at radius 1 is 0.907 bits per heavy atom. The van der Waals surface area contributed by atoms with Crippen LogP contribution < -0.4 is 0 Å². The lowest BCUT2D eigenvalue weighted by molar-refractivity contribution is -0.317. The highest BCUT2D eigenvalue weighted by Gasteiger charge is 2.52. The molecule has 3 fully saturated rings. The number of aliphatic hydroxyl groups excluding tert-OH is 3. The second kappa shape index (κ2) is 18.4. The van der Waals surface area contributed by atoms with Crippen molar-refractivity contribution in [2.24, 2.45) is 29.6 Å². The minimum absolute atomic E-state index is 0.0471. The zero-order valence-corrected chi connectivity index (χ0v) is 34.8. The highest BCUT2D eigenvalue weighted by Crippen LogP contribution is 2.41. The van der Waals surface area contributed by atoms with E-state index in [9.17, 15) is 30.0 Å². The van der Waals surface area contributed by atoms with Crippen LogP contribution in [0.1, 0.15) is 107 Å². The zero-order chi connectivity index (χ0) is 40.4. The van der Waals surface area contributed by atoms with Crippen molar-refractivity contribution in [3.63, 3.8) is 0 Å². The Morgan fingerprint density at radius 3 is 2.17 bits per heavy atom. The van der Waals surface area contributed by atoms with Crippen LogP contribution >= 0.6 is 0 Å². The molecular formula is C41H71NO12. The van der Waals surface area contributed by atoms with Crippen LogP contribution in [0, 0.1) is 29.6 Å². The molecule has 0 saturated carbocycles. The van der Waals surface area contributed by atoms with Crippen molar-refractivity contribution >= 4 is 11.8 Å². The largest absolute Gasteiger partial charge is 0.461 e. The maximum atomic E-state index is 14.4. The summed E-state index contributed by atoms with van der Waals surface area (Å²) in [7, 11) is 5.26. The first-order valence-electron chi connectivity index (χ1n) is 20.1. The van der Waals surface area contributed by atoms with E-state index in [4.69, 9.17) is 28.4 Å². The Labute approximate surface area is 323 Å². The number of ether oxygens (including phenoxy) is 6. The Hall–Kier alpha value is -1.52. The predicted octanol–water partition coefficient (Wildman–Crippen LogP) is 3.76. The Balaban J connectivity index is 1.82. The molecule has 0 spiro atoms. The fraction of sp³-hybridized carbons (Fsp3) is 0.902. The quantitative estimate of drug-likeness (QED) is 0.208. The summed E-state index contributed by atoms with van der Waals surface area (Å²) in [4.78, 5) is 30.4. The van der Waals surface area contributed by atoms with Crippen LogP contribution in [0.2, 0.25) is 0 Å². The molecule has 312 valence electrons. The van der Waals surface area contributed by atoms with Gasteiger partial charge in [-0.1, -0.05) is 39.3 Å². The van der Waals surface area contributed by atoms with Crippen molar-refractivity contribution < 1.29 is 58.4 Å². The van der Waals surface area contributed by atoms with Gasteiger partial charge in [0.1, 0.15) is 24.1 Å². The van der Waals surface area contributed by atoms with Crippen molar-refractivity contribution in [1.29, 1.82) is 0 Å². The first kappa shape index (κ1) is 45.2. The summed E-state index contributed by atoms with van der Waals surface area (Å²) in [6.07, 6.45) is -3.01. The Bertz CT molecular complexity index is 1290. The minimum Gasteiger partial charge on any atom is -0.461 e. The lowest BCUT2D eigenvalue weighted by Gasteiger charge is -2.49. The molecule has 3 heterocycles. The lowest BCUT2D eigenvalue weighted by Crippen LogP contribution is -2.60. The van der Waals surface area contributed by atoms with E-state index in [-0.39, 0.29) is 30.8 Å². The summed E-state index contributed by atoms with van der Waals surface area (Å²) in [5.74, 6) is -4.63. The third-order valence-corrected chi connectivity index (χ3v) is 13.0. The van der Waals surface area contributed by atoms with E-state index < -0.39 is 102 Å². The van der Waals surface area contributed by atoms with Gasteiger partial charge in [0, 0.05) is 49.7 Å². The topological polar surface area (TPSA) is 174 Å². The van der Waals surface area contributed by atoms with Gasteiger partial charge in [0.05, 0.1) is 47.6 Å². The van der Waals surface area contributed by atoms with Gasteiger partial charge in [-0.25, -0.2) is 0 Å². The summed E-state index contributed by atoms with van der Waals surface area (Å²) >= 11 is 0. The number of aliphatic hydroxyl groups is 4. The molecule has 4 aliphatic rings. The van der Waals surface area contributed by atoms with Crippen LogP contribution in [0.25, 0.3) is 0 Å². The Kier molecular flexibility index (Phi) is 15.4. The van der Waals surface area contributed by atoms with Gasteiger partial charge >= 0.3 is 5.97 Å². The molecule has 13 nitrogen and oxygen atoms in total. The van der Waals surface area contributed by atoms with Crippen LogP contribution in [0.15, 0.2) is 11.6 Å². The number of carbonyl (C=O) groups is 2. The smallest absolute Gasteiger partial charge is 0.311 e. The molecule has 1 aliphatic carbocycles. The van der Waals surface area contributed by atoms with Crippen molar-refractivity contribution in [3.05, 3.63) is 11.6 Å². The second-order valence-electron chi connectivity index (χ2n) is 17.8. The van der Waals surface area contributed by atoms with Crippen molar-refractivity contribution in [3.8, 4) is 0 Å². The number of rotatable bonds is 8. The van der Waals surface area contributed by atoms with E-state index in [0.29, 0.717) is 12.8 Å². The van der Waals surface area contributed by atoms with Crippen LogP contribution in [0.3, 0.4) is 0 Å². The lowest BCUT2D eigenvalue weighted by atomic mass is 9.74. The van der Waals surface area contributed by atoms with Gasteiger partial charge in [0.2, 0.25) is 0 Å². The van der Waals surface area contributed by atoms with E-state index in [1.54, 1.807) is 48.5 Å². The van der Waals surface area contributed by atoms with E-state index in [1.807, 2.05) is 32.8 Å². The number of nitrogens with zero attached hydrogens (tertiary/aromatic N) is 1. The third-order valence-electron chi connectivity index (χ3n) is 13.0. The zero-order valence-electron chi connectivity index (χ0n) is 34.8. The highest BCUT2D eigenvalue weighted by molar-refractivity contribution is 5.83. The summed E-state index contributed by atoms with van der Waals surface area (Å²) in [6.45, 7) is 15.7. The minimum atomic E-state index is -1.73. The van der Waals surface area contributed by atoms with E-state index >= 15 is 0 Å². The van der Waals surface area contributed by atoms with Crippen LogP contribution in [-0.2, 0) is 38.0 Å². The van der Waals surface area contributed by atoms with Gasteiger partial charge in [-0.3, -0.25) is 9.59 Å². The van der Waals surface area contributed by atoms with Gasteiger partial charge in [-0.05, 0) is 80.8 Å². The molecule has 0 aromatic heterocycles. The number of likely N-dealkylation sites (N-methyl/N-ethyl adjacent to an activating group) is 1. The second-order valence-corrected chi connectivity index (χ2v) is 17.8. The van der Waals surface area contributed by atoms with Crippen molar-refractivity contribution in [2.75, 3.05) is 21.2 Å². The number of ketones is 1. The van der Waals surface area contributed by atoms with Gasteiger partial charge in [0.15, 0.2) is 12.6 Å².